The van der Waals surface area contributed by atoms with E-state index in [0.29, 0.717) is 19.3 Å². The monoisotopic (exact) mass is 1160 g/mol. The quantitative estimate of drug-likeness (QED) is 0.0261. The summed E-state index contributed by atoms with van der Waals surface area (Å²) in [4.78, 5) is 38.5. The summed E-state index contributed by atoms with van der Waals surface area (Å²) in [5.74, 6) is -0.920. The van der Waals surface area contributed by atoms with Gasteiger partial charge in [-0.3, -0.25) is 14.4 Å². The minimum absolute atomic E-state index is 0.0897. The Hall–Kier alpha value is -3.67. The number of allylic oxidation sites excluding steroid dienone is 16. The van der Waals surface area contributed by atoms with Crippen LogP contribution in [0.4, 0.5) is 0 Å². The van der Waals surface area contributed by atoms with Crippen molar-refractivity contribution in [3.05, 3.63) is 97.2 Å². The van der Waals surface area contributed by atoms with E-state index in [4.69, 9.17) is 14.2 Å². The molecular formula is C77H134O6. The van der Waals surface area contributed by atoms with E-state index in [9.17, 15) is 14.4 Å². The van der Waals surface area contributed by atoms with Crippen molar-refractivity contribution in [2.24, 2.45) is 0 Å². The van der Waals surface area contributed by atoms with E-state index in [2.05, 4.69) is 118 Å². The van der Waals surface area contributed by atoms with Crippen LogP contribution in [0.25, 0.3) is 0 Å². The second-order valence-electron chi connectivity index (χ2n) is 23.8. The molecule has 0 amide bonds. The summed E-state index contributed by atoms with van der Waals surface area (Å²) in [7, 11) is 0. The second-order valence-corrected chi connectivity index (χ2v) is 23.8. The fourth-order valence-corrected chi connectivity index (χ4v) is 10.2. The molecule has 1 atom stereocenters. The average Bonchev–Trinajstić information content (AvgIpc) is 3.49. The first-order valence-corrected chi connectivity index (χ1v) is 35.7. The minimum Gasteiger partial charge on any atom is -0.462 e. The van der Waals surface area contributed by atoms with Crippen LogP contribution in [0.3, 0.4) is 0 Å². The molecule has 1 unspecified atom stereocenters. The molecule has 0 aromatic heterocycles. The van der Waals surface area contributed by atoms with Gasteiger partial charge in [0.15, 0.2) is 6.10 Å². The van der Waals surface area contributed by atoms with Crippen molar-refractivity contribution in [3.63, 3.8) is 0 Å². The van der Waals surface area contributed by atoms with E-state index in [-0.39, 0.29) is 31.1 Å². The summed E-state index contributed by atoms with van der Waals surface area (Å²) >= 11 is 0. The Balaban J connectivity index is 4.32. The largest absolute Gasteiger partial charge is 0.462 e. The van der Waals surface area contributed by atoms with Gasteiger partial charge in [0.05, 0.1) is 0 Å². The Morgan fingerprint density at radius 3 is 0.759 bits per heavy atom. The number of hydrogen-bond acceptors (Lipinski definition) is 6. The van der Waals surface area contributed by atoms with Crippen LogP contribution in [0.2, 0.25) is 0 Å². The molecule has 0 spiro atoms. The summed E-state index contributed by atoms with van der Waals surface area (Å²) in [6.07, 6.45) is 95.8. The van der Waals surface area contributed by atoms with Crippen LogP contribution < -0.4 is 0 Å². The lowest BCUT2D eigenvalue weighted by molar-refractivity contribution is -0.167. The predicted molar refractivity (Wildman–Crippen MR) is 362 cm³/mol. The zero-order chi connectivity index (χ0) is 59.9. The number of unbranched alkanes of at least 4 members (excludes halogenated alkanes) is 38. The lowest BCUT2D eigenvalue weighted by Crippen LogP contribution is -2.30. The molecule has 0 aliphatic carbocycles. The summed E-state index contributed by atoms with van der Waals surface area (Å²) < 4.78 is 17.0. The van der Waals surface area contributed by atoms with Gasteiger partial charge >= 0.3 is 17.9 Å². The molecule has 0 aromatic carbocycles. The summed E-state index contributed by atoms with van der Waals surface area (Å²) in [5, 5.41) is 0. The molecule has 0 bridgehead atoms. The van der Waals surface area contributed by atoms with E-state index in [1.807, 2.05) is 0 Å². The smallest absolute Gasteiger partial charge is 0.306 e. The average molecular weight is 1160 g/mol. The van der Waals surface area contributed by atoms with Gasteiger partial charge in [-0.1, -0.05) is 311 Å². The van der Waals surface area contributed by atoms with Gasteiger partial charge in [-0.15, -0.1) is 0 Å². The van der Waals surface area contributed by atoms with Crippen LogP contribution in [0.1, 0.15) is 355 Å². The lowest BCUT2D eigenvalue weighted by Gasteiger charge is -2.18. The Morgan fingerprint density at radius 2 is 0.470 bits per heavy atom. The fourth-order valence-electron chi connectivity index (χ4n) is 10.2. The van der Waals surface area contributed by atoms with Crippen molar-refractivity contribution < 1.29 is 28.6 Å². The number of rotatable bonds is 65. The Kier molecular flexibility index (Phi) is 67.7. The van der Waals surface area contributed by atoms with Crippen molar-refractivity contribution in [1.82, 2.24) is 0 Å². The van der Waals surface area contributed by atoms with Gasteiger partial charge in [-0.25, -0.2) is 0 Å². The van der Waals surface area contributed by atoms with E-state index in [1.165, 1.54) is 218 Å². The van der Waals surface area contributed by atoms with Crippen LogP contribution >= 0.6 is 0 Å². The van der Waals surface area contributed by atoms with E-state index in [0.717, 1.165) is 96.3 Å². The maximum atomic E-state index is 13.0. The van der Waals surface area contributed by atoms with Gasteiger partial charge in [0.25, 0.3) is 0 Å². The number of carbonyl (C=O) groups is 3. The first kappa shape index (κ1) is 79.3. The highest BCUT2D eigenvalue weighted by Crippen LogP contribution is 2.17. The molecule has 6 heteroatoms. The van der Waals surface area contributed by atoms with Crippen molar-refractivity contribution in [3.8, 4) is 0 Å². The molecule has 0 radical (unpaired) electrons. The highest BCUT2D eigenvalue weighted by molar-refractivity contribution is 5.71. The molecule has 478 valence electrons. The van der Waals surface area contributed by atoms with E-state index >= 15 is 0 Å². The summed E-state index contributed by atoms with van der Waals surface area (Å²) in [6, 6.07) is 0. The van der Waals surface area contributed by atoms with Gasteiger partial charge in [0.2, 0.25) is 0 Å². The van der Waals surface area contributed by atoms with E-state index < -0.39 is 6.10 Å². The third-order valence-electron chi connectivity index (χ3n) is 15.5. The third kappa shape index (κ3) is 69.0. The lowest BCUT2D eigenvalue weighted by atomic mass is 10.0. The van der Waals surface area contributed by atoms with Gasteiger partial charge in [0.1, 0.15) is 13.2 Å². The van der Waals surface area contributed by atoms with Crippen molar-refractivity contribution in [2.45, 2.75) is 361 Å². The van der Waals surface area contributed by atoms with Crippen LogP contribution in [0, 0.1) is 0 Å². The predicted octanol–water partition coefficient (Wildman–Crippen LogP) is 24.8. The second kappa shape index (κ2) is 70.8. The zero-order valence-corrected chi connectivity index (χ0v) is 54.9. The SMILES string of the molecule is CC/C=C\C/C=C\C/C=C\C/C=C\CCCCC(=O)OCC(COC(=O)CCCCCCCCCCCCCCCCC/C=C\C/C=C\CCCCCCC)OC(=O)CCCCCCCCCCCCC/C=C\C/C=C\CCCCCCC. The molecule has 0 aliphatic rings. The zero-order valence-electron chi connectivity index (χ0n) is 54.9. The molecule has 0 rings (SSSR count). The van der Waals surface area contributed by atoms with Crippen LogP contribution in [-0.2, 0) is 28.6 Å². The molecule has 0 N–H and O–H groups in total. The van der Waals surface area contributed by atoms with Crippen molar-refractivity contribution in [2.75, 3.05) is 13.2 Å². The minimum atomic E-state index is -0.798. The van der Waals surface area contributed by atoms with Crippen LogP contribution in [0.15, 0.2) is 97.2 Å². The Bertz CT molecular complexity index is 1610. The van der Waals surface area contributed by atoms with Gasteiger partial charge in [-0.2, -0.15) is 0 Å². The first-order chi connectivity index (χ1) is 41.0. The number of esters is 3. The molecule has 6 nitrogen and oxygen atoms in total. The van der Waals surface area contributed by atoms with Gasteiger partial charge in [0, 0.05) is 19.3 Å². The summed E-state index contributed by atoms with van der Waals surface area (Å²) in [5.41, 5.74) is 0. The normalized spacial score (nSPS) is 12.7. The summed E-state index contributed by atoms with van der Waals surface area (Å²) in [6.45, 7) is 6.51. The molecule has 0 aliphatic heterocycles. The maximum Gasteiger partial charge on any atom is 0.306 e. The third-order valence-corrected chi connectivity index (χ3v) is 15.5. The van der Waals surface area contributed by atoms with Crippen molar-refractivity contribution >= 4 is 17.9 Å². The molecule has 83 heavy (non-hydrogen) atoms. The number of ether oxygens (including phenoxy) is 3. The van der Waals surface area contributed by atoms with E-state index in [1.54, 1.807) is 0 Å². The highest BCUT2D eigenvalue weighted by Gasteiger charge is 2.19. The molecule has 0 aromatic rings. The number of carbonyl (C=O) groups excluding carboxylic acids is 3. The van der Waals surface area contributed by atoms with Gasteiger partial charge < -0.3 is 14.2 Å². The topological polar surface area (TPSA) is 78.9 Å². The maximum absolute atomic E-state index is 13.0. The van der Waals surface area contributed by atoms with Gasteiger partial charge in [-0.05, 0) is 122 Å². The Morgan fingerprint density at radius 1 is 0.253 bits per heavy atom. The molecule has 0 saturated carbocycles. The molecular weight excluding hydrogens is 1020 g/mol. The van der Waals surface area contributed by atoms with Crippen LogP contribution in [-0.4, -0.2) is 37.2 Å². The van der Waals surface area contributed by atoms with Crippen molar-refractivity contribution in [1.29, 1.82) is 0 Å². The standard InChI is InChI=1S/C77H134O6/c1-4-7-10-13-16-19-22-25-28-30-32-34-36-37-38-39-41-42-44-46-49-52-55-58-61-64-67-70-76(79)82-73-74(72-81-75(78)69-66-63-60-57-54-51-48-27-24-21-18-15-12-9-6-3)83-77(80)71-68-65-62-59-56-53-50-47-45-43-40-35-33-31-29-26-23-20-17-14-11-8-5-2/h9,12,18,21-23,25-27,30-33,48,54,57,74H,4-8,10-11,13-17,19-20,24,28-29,34-47,49-53,55-56,58-73H2,1-3H3/b12-9-,21-18-,25-22-,26-23-,32-30-,33-31-,48-27-,57-54-. The Labute approximate surface area is 515 Å². The molecule has 0 saturated heterocycles. The fraction of sp³-hybridized carbons (Fsp3) is 0.753. The molecule has 0 fully saturated rings. The molecule has 0 heterocycles. The highest BCUT2D eigenvalue weighted by atomic mass is 16.6. The number of hydrogen-bond donors (Lipinski definition) is 0. The first-order valence-electron chi connectivity index (χ1n) is 35.7. The van der Waals surface area contributed by atoms with Crippen LogP contribution in [0.5, 0.6) is 0 Å².